The van der Waals surface area contributed by atoms with Gasteiger partial charge in [0.05, 0.1) is 12.1 Å². The quantitative estimate of drug-likeness (QED) is 0.730. The van der Waals surface area contributed by atoms with E-state index in [0.29, 0.717) is 11.5 Å². The second-order valence-corrected chi connectivity index (χ2v) is 4.17. The Morgan fingerprint density at radius 1 is 1.42 bits per heavy atom. The summed E-state index contributed by atoms with van der Waals surface area (Å²) in [4.78, 5) is 20.2. The minimum absolute atomic E-state index is 0.190. The average Bonchev–Trinajstić information content (AvgIpc) is 2.94. The molecule has 3 aromatic heterocycles. The van der Waals surface area contributed by atoms with E-state index < -0.39 is 0 Å². The summed E-state index contributed by atoms with van der Waals surface area (Å²) in [5.41, 5.74) is 1.52. The summed E-state index contributed by atoms with van der Waals surface area (Å²) >= 11 is 0. The number of fused-ring (bicyclic) bond motifs is 1. The molecule has 0 atom stereocenters. The highest BCUT2D eigenvalue weighted by atomic mass is 16.1. The van der Waals surface area contributed by atoms with Crippen LogP contribution in [0.1, 0.15) is 11.5 Å². The largest absolute Gasteiger partial charge is 0.307 e. The molecule has 0 aliphatic rings. The zero-order valence-corrected chi connectivity index (χ0v) is 10.3. The van der Waals surface area contributed by atoms with Crippen LogP contribution < -0.4 is 5.32 Å². The van der Waals surface area contributed by atoms with Crippen molar-refractivity contribution in [1.82, 2.24) is 24.6 Å². The minimum Gasteiger partial charge on any atom is -0.307 e. The van der Waals surface area contributed by atoms with E-state index in [4.69, 9.17) is 0 Å². The third-order valence-corrected chi connectivity index (χ3v) is 2.60. The van der Waals surface area contributed by atoms with Crippen LogP contribution in [0.3, 0.4) is 0 Å². The molecule has 3 heterocycles. The first-order chi connectivity index (χ1) is 9.20. The molecule has 0 bridgehead atoms. The van der Waals surface area contributed by atoms with Gasteiger partial charge in [0.15, 0.2) is 0 Å². The Hall–Kier alpha value is -2.70. The normalized spacial score (nSPS) is 10.8. The molecule has 0 saturated carbocycles. The number of aromatic amines is 1. The number of imidazole rings is 1. The molecule has 0 aliphatic heterocycles. The van der Waals surface area contributed by atoms with Crippen molar-refractivity contribution in [2.24, 2.45) is 0 Å². The van der Waals surface area contributed by atoms with Crippen molar-refractivity contribution in [3.8, 4) is 0 Å². The fourth-order valence-electron chi connectivity index (χ4n) is 1.80. The van der Waals surface area contributed by atoms with Crippen LogP contribution in [0.2, 0.25) is 0 Å². The van der Waals surface area contributed by atoms with Crippen molar-refractivity contribution in [3.05, 3.63) is 42.1 Å². The van der Waals surface area contributed by atoms with Crippen LogP contribution in [-0.2, 0) is 11.2 Å². The third-order valence-electron chi connectivity index (χ3n) is 2.60. The molecule has 3 aromatic rings. The van der Waals surface area contributed by atoms with Gasteiger partial charge in [-0.05, 0) is 19.1 Å². The summed E-state index contributed by atoms with van der Waals surface area (Å²) in [5.74, 6) is 0.747. The van der Waals surface area contributed by atoms with Crippen molar-refractivity contribution < 1.29 is 4.79 Å². The molecule has 7 heteroatoms. The monoisotopic (exact) mass is 256 g/mol. The van der Waals surface area contributed by atoms with E-state index in [0.717, 1.165) is 5.65 Å². The van der Waals surface area contributed by atoms with E-state index in [1.165, 1.54) is 0 Å². The molecule has 0 fully saturated rings. The number of carbonyl (C=O) groups excluding carboxylic acids is 1. The predicted molar refractivity (Wildman–Crippen MR) is 68.6 cm³/mol. The molecule has 0 spiro atoms. The molecule has 0 aromatic carbocycles. The number of rotatable bonds is 3. The molecule has 1 amide bonds. The maximum Gasteiger partial charge on any atom is 0.248 e. The van der Waals surface area contributed by atoms with Gasteiger partial charge in [-0.1, -0.05) is 6.07 Å². The molecule has 0 radical (unpaired) electrons. The van der Waals surface area contributed by atoms with Crippen molar-refractivity contribution in [1.29, 1.82) is 0 Å². The Balaban J connectivity index is 1.72. The van der Waals surface area contributed by atoms with Crippen LogP contribution >= 0.6 is 0 Å². The molecule has 2 N–H and O–H groups in total. The van der Waals surface area contributed by atoms with Crippen molar-refractivity contribution in [2.45, 2.75) is 13.3 Å². The van der Waals surface area contributed by atoms with Crippen LogP contribution in [0, 0.1) is 6.92 Å². The Labute approximate surface area is 108 Å². The summed E-state index contributed by atoms with van der Waals surface area (Å²) in [6, 6.07) is 5.71. The first kappa shape index (κ1) is 11.4. The Morgan fingerprint density at radius 2 is 2.32 bits per heavy atom. The van der Waals surface area contributed by atoms with Gasteiger partial charge < -0.3 is 4.40 Å². The minimum atomic E-state index is -0.192. The van der Waals surface area contributed by atoms with Gasteiger partial charge in [0.25, 0.3) is 0 Å². The first-order valence-electron chi connectivity index (χ1n) is 5.82. The number of anilines is 1. The zero-order valence-electron chi connectivity index (χ0n) is 10.3. The lowest BCUT2D eigenvalue weighted by atomic mass is 10.3. The lowest BCUT2D eigenvalue weighted by Crippen LogP contribution is -2.15. The Morgan fingerprint density at radius 3 is 3.05 bits per heavy atom. The number of nitrogens with zero attached hydrogens (tertiary/aromatic N) is 4. The number of hydrogen-bond acceptors (Lipinski definition) is 4. The van der Waals surface area contributed by atoms with Gasteiger partial charge in [-0.3, -0.25) is 15.2 Å². The number of nitrogens with one attached hydrogen (secondary N) is 2. The smallest absolute Gasteiger partial charge is 0.248 e. The number of pyridine rings is 1. The van der Waals surface area contributed by atoms with Crippen LogP contribution in [0.25, 0.3) is 5.65 Å². The van der Waals surface area contributed by atoms with Crippen LogP contribution in [0.15, 0.2) is 30.6 Å². The van der Waals surface area contributed by atoms with Gasteiger partial charge in [0, 0.05) is 12.4 Å². The summed E-state index contributed by atoms with van der Waals surface area (Å²) in [6.45, 7) is 1.77. The van der Waals surface area contributed by atoms with Crippen molar-refractivity contribution in [3.63, 3.8) is 0 Å². The van der Waals surface area contributed by atoms with Crippen LogP contribution in [0.5, 0.6) is 0 Å². The van der Waals surface area contributed by atoms with Crippen molar-refractivity contribution >= 4 is 17.5 Å². The van der Waals surface area contributed by atoms with E-state index >= 15 is 0 Å². The van der Waals surface area contributed by atoms with Crippen molar-refractivity contribution in [2.75, 3.05) is 5.32 Å². The van der Waals surface area contributed by atoms with E-state index in [9.17, 15) is 4.79 Å². The van der Waals surface area contributed by atoms with Gasteiger partial charge in [0.1, 0.15) is 11.5 Å². The molecular weight excluding hydrogens is 244 g/mol. The third kappa shape index (κ3) is 2.44. The van der Waals surface area contributed by atoms with Gasteiger partial charge in [-0.2, -0.15) is 4.98 Å². The van der Waals surface area contributed by atoms with Gasteiger partial charge in [0.2, 0.25) is 11.9 Å². The van der Waals surface area contributed by atoms with E-state index in [1.54, 1.807) is 6.92 Å². The lowest BCUT2D eigenvalue weighted by Gasteiger charge is -1.97. The SMILES string of the molecule is Cc1nc(NC(=O)Cc2cn3ccccc3n2)n[nH]1. The van der Waals surface area contributed by atoms with Crippen LogP contribution in [0.4, 0.5) is 5.95 Å². The number of aryl methyl sites for hydroxylation is 1. The number of carbonyl (C=O) groups is 1. The highest BCUT2D eigenvalue weighted by Gasteiger charge is 2.09. The molecule has 3 rings (SSSR count). The highest BCUT2D eigenvalue weighted by Crippen LogP contribution is 2.06. The highest BCUT2D eigenvalue weighted by molar-refractivity contribution is 5.90. The average molecular weight is 256 g/mol. The summed E-state index contributed by atoms with van der Waals surface area (Å²) < 4.78 is 1.87. The van der Waals surface area contributed by atoms with Gasteiger partial charge >= 0.3 is 0 Å². The predicted octanol–water partition coefficient (Wildman–Crippen LogP) is 0.942. The number of aromatic nitrogens is 5. The lowest BCUT2D eigenvalue weighted by molar-refractivity contribution is -0.115. The second kappa shape index (κ2) is 4.52. The maximum atomic E-state index is 11.8. The number of amides is 1. The summed E-state index contributed by atoms with van der Waals surface area (Å²) in [7, 11) is 0. The van der Waals surface area contributed by atoms with Gasteiger partial charge in [-0.15, -0.1) is 5.10 Å². The molecule has 19 heavy (non-hydrogen) atoms. The Bertz CT molecular complexity index is 695. The zero-order chi connectivity index (χ0) is 13.2. The number of hydrogen-bond donors (Lipinski definition) is 2. The second-order valence-electron chi connectivity index (χ2n) is 4.17. The van der Waals surface area contributed by atoms with E-state index in [-0.39, 0.29) is 18.3 Å². The van der Waals surface area contributed by atoms with E-state index in [1.807, 2.05) is 35.0 Å². The fourth-order valence-corrected chi connectivity index (χ4v) is 1.80. The molecule has 0 aliphatic carbocycles. The standard InChI is InChI=1S/C12H12N6O/c1-8-13-12(17-16-8)15-11(19)6-9-7-18-5-3-2-4-10(18)14-9/h2-5,7H,6H2,1H3,(H2,13,15,16,17,19). The molecule has 0 unspecified atom stereocenters. The summed E-state index contributed by atoms with van der Waals surface area (Å²) in [6.07, 6.45) is 3.91. The molecule has 0 saturated heterocycles. The maximum absolute atomic E-state index is 11.8. The first-order valence-corrected chi connectivity index (χ1v) is 5.82. The van der Waals surface area contributed by atoms with Gasteiger partial charge in [-0.25, -0.2) is 4.98 Å². The van der Waals surface area contributed by atoms with E-state index in [2.05, 4.69) is 25.5 Å². The topological polar surface area (TPSA) is 88.0 Å². The summed E-state index contributed by atoms with van der Waals surface area (Å²) in [5, 5.41) is 9.12. The fraction of sp³-hybridized carbons (Fsp3) is 0.167. The van der Waals surface area contributed by atoms with Crippen LogP contribution in [-0.4, -0.2) is 30.5 Å². The number of H-pyrrole nitrogens is 1. The Kier molecular flexibility index (Phi) is 2.71. The molecule has 7 nitrogen and oxygen atoms in total. The molecular formula is C12H12N6O. The molecule has 96 valence electrons.